The minimum absolute atomic E-state index is 0.0893. The minimum atomic E-state index is -0.481. The first-order valence-corrected chi connectivity index (χ1v) is 14.7. The van der Waals surface area contributed by atoms with Crippen LogP contribution >= 0.6 is 11.6 Å². The molecule has 0 bridgehead atoms. The summed E-state index contributed by atoms with van der Waals surface area (Å²) in [6.07, 6.45) is 5.20. The molecule has 0 aliphatic heterocycles. The maximum absolute atomic E-state index is 13.5. The number of carbonyl (C=O) groups excluding carboxylic acids is 1. The Morgan fingerprint density at radius 2 is 1.72 bits per heavy atom. The van der Waals surface area contributed by atoms with Crippen LogP contribution < -0.4 is 10.6 Å². The van der Waals surface area contributed by atoms with Gasteiger partial charge in [-0.25, -0.2) is 4.39 Å². The maximum atomic E-state index is 13.5. The number of rotatable bonds is 11. The first kappa shape index (κ1) is 33.3. The van der Waals surface area contributed by atoms with E-state index in [-0.39, 0.29) is 11.9 Å². The van der Waals surface area contributed by atoms with Gasteiger partial charge in [0.1, 0.15) is 11.7 Å². The lowest BCUT2D eigenvalue weighted by Crippen LogP contribution is -2.28. The zero-order valence-electron chi connectivity index (χ0n) is 25.9. The van der Waals surface area contributed by atoms with Crippen molar-refractivity contribution >= 4 is 28.9 Å². The van der Waals surface area contributed by atoms with Crippen LogP contribution in [-0.2, 0) is 0 Å². The quantitative estimate of drug-likeness (QED) is 0.131. The van der Waals surface area contributed by atoms with Gasteiger partial charge in [0.15, 0.2) is 0 Å². The van der Waals surface area contributed by atoms with Gasteiger partial charge < -0.3 is 10.6 Å². The fourth-order valence-electron chi connectivity index (χ4n) is 4.72. The van der Waals surface area contributed by atoms with Crippen LogP contribution in [0.2, 0.25) is 5.02 Å². The largest absolute Gasteiger partial charge is 0.345 e. The topological polar surface area (TPSA) is 53.5 Å². The summed E-state index contributed by atoms with van der Waals surface area (Å²) in [6.45, 7) is 17.2. The summed E-state index contributed by atoms with van der Waals surface area (Å²) in [7, 11) is 1.69. The van der Waals surface area contributed by atoms with E-state index in [1.54, 1.807) is 26.1 Å². The minimum Gasteiger partial charge on any atom is -0.345 e. The highest BCUT2D eigenvalue weighted by molar-refractivity contribution is 6.34. The Kier molecular flexibility index (Phi) is 11.8. The van der Waals surface area contributed by atoms with Crippen molar-refractivity contribution in [3.05, 3.63) is 136 Å². The van der Waals surface area contributed by atoms with E-state index in [0.717, 1.165) is 51.9 Å². The standard InChI is InChI=1S/C37H41ClFN3O/c1-9-11-34(28-18-14-24(4)15-19-28)42-37(43)29-20-21-30(32(22-29)23(2)3)35-31(12-10-13-33(35)38)36(40-8)41-26(6)17-16-25(5)27(7)39/h10,12-22,34H,2,7,9,11H2,1,3-6,8H3,(H,40,41)(H,42,43)/b25-16-,26-17+. The van der Waals surface area contributed by atoms with E-state index in [4.69, 9.17) is 11.6 Å². The van der Waals surface area contributed by atoms with Gasteiger partial charge in [-0.15, -0.1) is 0 Å². The Labute approximate surface area is 260 Å². The summed E-state index contributed by atoms with van der Waals surface area (Å²) < 4.78 is 13.4. The predicted molar refractivity (Wildman–Crippen MR) is 181 cm³/mol. The molecule has 0 aromatic heterocycles. The van der Waals surface area contributed by atoms with E-state index < -0.39 is 5.83 Å². The number of halogens is 2. The monoisotopic (exact) mass is 597 g/mol. The van der Waals surface area contributed by atoms with Crippen LogP contribution in [0.25, 0.3) is 16.7 Å². The van der Waals surface area contributed by atoms with Crippen LogP contribution in [0.3, 0.4) is 0 Å². The van der Waals surface area contributed by atoms with E-state index in [9.17, 15) is 9.18 Å². The Morgan fingerprint density at radius 1 is 1.02 bits per heavy atom. The zero-order chi connectivity index (χ0) is 31.7. The van der Waals surface area contributed by atoms with E-state index in [2.05, 4.69) is 66.9 Å². The highest BCUT2D eigenvalue weighted by Crippen LogP contribution is 2.37. The average molecular weight is 598 g/mol. The number of aliphatic imine (C=N–C) groups is 1. The van der Waals surface area contributed by atoms with Crippen molar-refractivity contribution in [1.82, 2.24) is 10.6 Å². The molecule has 0 saturated carbocycles. The molecular formula is C37H41ClFN3O. The summed E-state index contributed by atoms with van der Waals surface area (Å²) in [5.41, 5.74) is 7.99. The van der Waals surface area contributed by atoms with Crippen molar-refractivity contribution in [1.29, 1.82) is 0 Å². The highest BCUT2D eigenvalue weighted by atomic mass is 35.5. The number of amidine groups is 1. The van der Waals surface area contributed by atoms with Gasteiger partial charge in [-0.1, -0.05) is 97.8 Å². The summed E-state index contributed by atoms with van der Waals surface area (Å²) in [4.78, 5) is 18.0. The number of benzene rings is 3. The van der Waals surface area contributed by atoms with Gasteiger partial charge in [0.25, 0.3) is 5.91 Å². The third-order valence-corrected chi connectivity index (χ3v) is 7.51. The van der Waals surface area contributed by atoms with Gasteiger partial charge in [0.2, 0.25) is 0 Å². The van der Waals surface area contributed by atoms with Crippen LogP contribution in [0.1, 0.15) is 79.2 Å². The second kappa shape index (κ2) is 15.3. The third-order valence-electron chi connectivity index (χ3n) is 7.19. The van der Waals surface area contributed by atoms with Crippen LogP contribution in [0.5, 0.6) is 0 Å². The van der Waals surface area contributed by atoms with Crippen LogP contribution in [0, 0.1) is 6.92 Å². The second-order valence-corrected chi connectivity index (χ2v) is 11.1. The zero-order valence-corrected chi connectivity index (χ0v) is 26.7. The van der Waals surface area contributed by atoms with Gasteiger partial charge in [-0.2, -0.15) is 0 Å². The van der Waals surface area contributed by atoms with E-state index in [1.165, 1.54) is 5.56 Å². The lowest BCUT2D eigenvalue weighted by molar-refractivity contribution is 0.0934. The fourth-order valence-corrected chi connectivity index (χ4v) is 4.99. The number of hydrogen-bond acceptors (Lipinski definition) is 2. The van der Waals surface area contributed by atoms with E-state index in [1.807, 2.05) is 50.2 Å². The molecule has 2 N–H and O–H groups in total. The molecule has 0 aliphatic carbocycles. The SMILES string of the molecule is C=C(F)/C(C)=C\C=C(/C)NC(=NC)c1cccc(Cl)c1-c1ccc(C(=O)NC(CCC)c2ccc(C)cc2)cc1C(=C)C. The number of nitrogens with zero attached hydrogens (tertiary/aromatic N) is 1. The van der Waals surface area contributed by atoms with Crippen molar-refractivity contribution < 1.29 is 9.18 Å². The Bertz CT molecular complexity index is 1600. The van der Waals surface area contributed by atoms with Crippen molar-refractivity contribution in [3.63, 3.8) is 0 Å². The van der Waals surface area contributed by atoms with Crippen LogP contribution in [-0.4, -0.2) is 18.8 Å². The number of allylic oxidation sites excluding steroid dienone is 6. The smallest absolute Gasteiger partial charge is 0.251 e. The molecule has 3 aromatic rings. The van der Waals surface area contributed by atoms with Crippen LogP contribution in [0.4, 0.5) is 4.39 Å². The first-order chi connectivity index (χ1) is 20.5. The second-order valence-electron chi connectivity index (χ2n) is 10.7. The molecule has 224 valence electrons. The van der Waals surface area contributed by atoms with Gasteiger partial charge in [-0.3, -0.25) is 9.79 Å². The van der Waals surface area contributed by atoms with E-state index >= 15 is 0 Å². The molecule has 0 heterocycles. The first-order valence-electron chi connectivity index (χ1n) is 14.4. The molecule has 1 amide bonds. The number of aryl methyl sites for hydroxylation is 1. The summed E-state index contributed by atoms with van der Waals surface area (Å²) in [5.74, 6) is -0.0394. The summed E-state index contributed by atoms with van der Waals surface area (Å²) in [6, 6.07) is 19.4. The van der Waals surface area contributed by atoms with Gasteiger partial charge in [0.05, 0.1) is 6.04 Å². The number of carbonyl (C=O) groups is 1. The molecule has 0 fully saturated rings. The predicted octanol–water partition coefficient (Wildman–Crippen LogP) is 9.92. The highest BCUT2D eigenvalue weighted by Gasteiger charge is 2.21. The maximum Gasteiger partial charge on any atom is 0.251 e. The molecule has 3 aromatic carbocycles. The average Bonchev–Trinajstić information content (AvgIpc) is 2.98. The molecule has 0 spiro atoms. The molecule has 0 aliphatic rings. The number of nitrogens with one attached hydrogen (secondary N) is 2. The fraction of sp³-hybridized carbons (Fsp3) is 0.243. The molecule has 6 heteroatoms. The lowest BCUT2D eigenvalue weighted by Gasteiger charge is -2.21. The molecule has 1 atom stereocenters. The molecule has 0 radical (unpaired) electrons. The van der Waals surface area contributed by atoms with Crippen molar-refractivity contribution in [2.24, 2.45) is 4.99 Å². The number of amides is 1. The van der Waals surface area contributed by atoms with E-state index in [0.29, 0.717) is 22.0 Å². The summed E-state index contributed by atoms with van der Waals surface area (Å²) in [5, 5.41) is 7.08. The third kappa shape index (κ3) is 8.65. The van der Waals surface area contributed by atoms with Crippen molar-refractivity contribution in [2.75, 3.05) is 7.05 Å². The van der Waals surface area contributed by atoms with Crippen molar-refractivity contribution in [3.8, 4) is 11.1 Å². The van der Waals surface area contributed by atoms with Crippen LogP contribution in [0.15, 0.2) is 108 Å². The number of hydrogen-bond donors (Lipinski definition) is 2. The Balaban J connectivity index is 2.02. The van der Waals surface area contributed by atoms with Gasteiger partial charge >= 0.3 is 0 Å². The van der Waals surface area contributed by atoms with Gasteiger partial charge in [0, 0.05) is 34.5 Å². The molecule has 43 heavy (non-hydrogen) atoms. The van der Waals surface area contributed by atoms with Gasteiger partial charge in [-0.05, 0) is 80.7 Å². The summed E-state index contributed by atoms with van der Waals surface area (Å²) >= 11 is 6.83. The molecular weight excluding hydrogens is 557 g/mol. The van der Waals surface area contributed by atoms with Crippen molar-refractivity contribution in [2.45, 2.75) is 53.5 Å². The molecule has 0 saturated heterocycles. The molecule has 1 unspecified atom stereocenters. The Hall–Kier alpha value is -4.22. The molecule has 3 rings (SSSR count). The molecule has 4 nitrogen and oxygen atoms in total. The normalized spacial score (nSPS) is 13.0. The lowest BCUT2D eigenvalue weighted by atomic mass is 9.90. The Morgan fingerprint density at radius 3 is 2.33 bits per heavy atom.